The first-order valence-corrected chi connectivity index (χ1v) is 8.08. The van der Waals surface area contributed by atoms with Crippen LogP contribution in [0.5, 0.6) is 0 Å². The average Bonchev–Trinajstić information content (AvgIpc) is 2.57. The van der Waals surface area contributed by atoms with E-state index in [-0.39, 0.29) is 24.4 Å². The number of rotatable bonds is 5. The van der Waals surface area contributed by atoms with Gasteiger partial charge in [0.1, 0.15) is 0 Å². The summed E-state index contributed by atoms with van der Waals surface area (Å²) in [5.41, 5.74) is 0.617. The lowest BCUT2D eigenvalue weighted by atomic mass is 10.0. The third-order valence-corrected chi connectivity index (χ3v) is 3.94. The number of allylic oxidation sites excluding steroid dienone is 1. The summed E-state index contributed by atoms with van der Waals surface area (Å²) in [6, 6.07) is 8.74. The molecule has 1 aromatic rings. The molecule has 0 unspecified atom stereocenters. The fraction of sp³-hybridized carbons (Fsp3) is 0.444. The smallest absolute Gasteiger partial charge is 0.253 e. The maximum atomic E-state index is 12.4. The van der Waals surface area contributed by atoms with Crippen LogP contribution in [0.1, 0.15) is 36.5 Å². The number of hydrogen-bond acceptors (Lipinski definition) is 3. The van der Waals surface area contributed by atoms with Crippen molar-refractivity contribution < 1.29 is 14.7 Å². The number of aliphatic hydroxyl groups is 1. The van der Waals surface area contributed by atoms with E-state index < -0.39 is 6.10 Å². The Morgan fingerprint density at radius 2 is 2.04 bits per heavy atom. The minimum absolute atomic E-state index is 0.0831. The summed E-state index contributed by atoms with van der Waals surface area (Å²) in [6.07, 6.45) is 4.81. The van der Waals surface area contributed by atoms with E-state index in [1.54, 1.807) is 17.0 Å². The Bertz CT molecular complexity index is 557. The first-order valence-electron chi connectivity index (χ1n) is 8.08. The number of piperidine rings is 1. The molecular formula is C18H24N2O3. The Morgan fingerprint density at radius 3 is 2.70 bits per heavy atom. The Balaban J connectivity index is 1.86. The average molecular weight is 316 g/mol. The molecule has 0 aliphatic carbocycles. The predicted molar refractivity (Wildman–Crippen MR) is 88.9 cm³/mol. The Labute approximate surface area is 137 Å². The second kappa shape index (κ2) is 8.48. The highest BCUT2D eigenvalue weighted by atomic mass is 16.3. The van der Waals surface area contributed by atoms with Crippen LogP contribution in [-0.2, 0) is 4.79 Å². The summed E-state index contributed by atoms with van der Waals surface area (Å²) >= 11 is 0. The SMILES string of the molecule is CCC=CCC(=O)N[C@@H]1CCN(C(=O)c2ccccc2)C[C@H]1O. The number of carbonyl (C=O) groups is 2. The molecule has 1 saturated heterocycles. The molecule has 0 bridgehead atoms. The van der Waals surface area contributed by atoms with Gasteiger partial charge in [0.05, 0.1) is 12.1 Å². The molecule has 1 aliphatic rings. The molecule has 0 saturated carbocycles. The number of nitrogens with one attached hydrogen (secondary N) is 1. The molecule has 5 nitrogen and oxygen atoms in total. The van der Waals surface area contributed by atoms with Crippen LogP contribution < -0.4 is 5.32 Å². The van der Waals surface area contributed by atoms with Crippen molar-refractivity contribution in [3.8, 4) is 0 Å². The van der Waals surface area contributed by atoms with Crippen LogP contribution in [0.25, 0.3) is 0 Å². The van der Waals surface area contributed by atoms with Gasteiger partial charge in [-0.1, -0.05) is 37.3 Å². The van der Waals surface area contributed by atoms with Crippen LogP contribution in [0.4, 0.5) is 0 Å². The van der Waals surface area contributed by atoms with Crippen molar-refractivity contribution in [3.63, 3.8) is 0 Å². The van der Waals surface area contributed by atoms with Crippen molar-refractivity contribution in [1.29, 1.82) is 0 Å². The molecule has 1 aliphatic heterocycles. The van der Waals surface area contributed by atoms with Crippen molar-refractivity contribution in [2.45, 2.75) is 38.3 Å². The van der Waals surface area contributed by atoms with E-state index in [1.165, 1.54) is 0 Å². The van der Waals surface area contributed by atoms with Gasteiger partial charge in [0.25, 0.3) is 5.91 Å². The number of aliphatic hydroxyl groups excluding tert-OH is 1. The molecule has 1 heterocycles. The van der Waals surface area contributed by atoms with Gasteiger partial charge in [-0.25, -0.2) is 0 Å². The van der Waals surface area contributed by atoms with Gasteiger partial charge in [-0.15, -0.1) is 0 Å². The summed E-state index contributed by atoms with van der Waals surface area (Å²) in [5.74, 6) is -0.179. The van der Waals surface area contributed by atoms with Gasteiger partial charge in [-0.05, 0) is 25.0 Å². The van der Waals surface area contributed by atoms with E-state index in [0.29, 0.717) is 24.9 Å². The highest BCUT2D eigenvalue weighted by Gasteiger charge is 2.31. The number of carbonyl (C=O) groups excluding carboxylic acids is 2. The lowest BCUT2D eigenvalue weighted by molar-refractivity contribution is -0.122. The van der Waals surface area contributed by atoms with Gasteiger partial charge in [-0.2, -0.15) is 0 Å². The number of benzene rings is 1. The zero-order chi connectivity index (χ0) is 16.7. The lowest BCUT2D eigenvalue weighted by Gasteiger charge is -2.36. The molecule has 0 radical (unpaired) electrons. The Morgan fingerprint density at radius 1 is 1.30 bits per heavy atom. The topological polar surface area (TPSA) is 69.6 Å². The molecule has 2 amide bonds. The van der Waals surface area contributed by atoms with E-state index in [9.17, 15) is 14.7 Å². The molecule has 2 atom stereocenters. The standard InChI is InChI=1S/C18H24N2O3/c1-2-3-5-10-17(22)19-15-11-12-20(13-16(15)21)18(23)14-8-6-4-7-9-14/h3-9,15-16,21H,2,10-13H2,1H3,(H,19,22)/t15-,16-/m1/s1. The first-order chi connectivity index (χ1) is 11.1. The van der Waals surface area contributed by atoms with Crippen LogP contribution in [0.15, 0.2) is 42.5 Å². The largest absolute Gasteiger partial charge is 0.389 e. The molecule has 0 spiro atoms. The highest BCUT2D eigenvalue weighted by Crippen LogP contribution is 2.15. The van der Waals surface area contributed by atoms with E-state index in [0.717, 1.165) is 6.42 Å². The second-order valence-electron chi connectivity index (χ2n) is 5.73. The van der Waals surface area contributed by atoms with Gasteiger partial charge < -0.3 is 15.3 Å². The van der Waals surface area contributed by atoms with Crippen LogP contribution >= 0.6 is 0 Å². The van der Waals surface area contributed by atoms with E-state index >= 15 is 0 Å². The van der Waals surface area contributed by atoms with Crippen LogP contribution in [-0.4, -0.2) is 47.1 Å². The van der Waals surface area contributed by atoms with Gasteiger partial charge in [0.15, 0.2) is 0 Å². The third-order valence-electron chi connectivity index (χ3n) is 3.94. The first kappa shape index (κ1) is 17.2. The minimum atomic E-state index is -0.740. The lowest BCUT2D eigenvalue weighted by Crippen LogP contribution is -2.55. The third kappa shape index (κ3) is 4.93. The summed E-state index contributed by atoms with van der Waals surface area (Å²) in [7, 11) is 0. The van der Waals surface area contributed by atoms with E-state index in [2.05, 4.69) is 5.32 Å². The summed E-state index contributed by atoms with van der Waals surface area (Å²) in [4.78, 5) is 25.8. The van der Waals surface area contributed by atoms with Crippen LogP contribution in [0, 0.1) is 0 Å². The predicted octanol–water partition coefficient (Wildman–Crippen LogP) is 1.73. The molecule has 0 aromatic heterocycles. The Kier molecular flexibility index (Phi) is 6.35. The van der Waals surface area contributed by atoms with E-state index in [4.69, 9.17) is 0 Å². The normalized spacial score (nSPS) is 21.4. The van der Waals surface area contributed by atoms with Crippen LogP contribution in [0.3, 0.4) is 0 Å². The Hall–Kier alpha value is -2.14. The molecule has 2 N–H and O–H groups in total. The highest BCUT2D eigenvalue weighted by molar-refractivity contribution is 5.94. The maximum Gasteiger partial charge on any atom is 0.253 e. The minimum Gasteiger partial charge on any atom is -0.389 e. The number of β-amino-alcohol motifs (C(OH)–C–C–N with tert-alkyl or cyclic N) is 1. The zero-order valence-corrected chi connectivity index (χ0v) is 13.4. The van der Waals surface area contributed by atoms with Gasteiger partial charge in [0.2, 0.25) is 5.91 Å². The maximum absolute atomic E-state index is 12.4. The number of likely N-dealkylation sites (tertiary alicyclic amines) is 1. The molecule has 23 heavy (non-hydrogen) atoms. The fourth-order valence-corrected chi connectivity index (χ4v) is 2.67. The number of amides is 2. The molecular weight excluding hydrogens is 292 g/mol. The number of hydrogen-bond donors (Lipinski definition) is 2. The summed E-state index contributed by atoms with van der Waals surface area (Å²) < 4.78 is 0. The van der Waals surface area contributed by atoms with E-state index in [1.807, 2.05) is 37.3 Å². The number of nitrogens with zero attached hydrogens (tertiary/aromatic N) is 1. The zero-order valence-electron chi connectivity index (χ0n) is 13.4. The molecule has 124 valence electrons. The van der Waals surface area contributed by atoms with Crippen molar-refractivity contribution >= 4 is 11.8 Å². The summed E-state index contributed by atoms with van der Waals surface area (Å²) in [6.45, 7) is 2.78. The molecule has 2 rings (SSSR count). The molecule has 1 aromatic carbocycles. The van der Waals surface area contributed by atoms with Gasteiger partial charge in [-0.3, -0.25) is 9.59 Å². The quantitative estimate of drug-likeness (QED) is 0.813. The molecule has 1 fully saturated rings. The monoisotopic (exact) mass is 316 g/mol. The van der Waals surface area contributed by atoms with Gasteiger partial charge >= 0.3 is 0 Å². The fourth-order valence-electron chi connectivity index (χ4n) is 2.67. The van der Waals surface area contributed by atoms with Crippen LogP contribution in [0.2, 0.25) is 0 Å². The van der Waals surface area contributed by atoms with Crippen molar-refractivity contribution in [1.82, 2.24) is 10.2 Å². The molecule has 5 heteroatoms. The van der Waals surface area contributed by atoms with Crippen molar-refractivity contribution in [3.05, 3.63) is 48.0 Å². The van der Waals surface area contributed by atoms with Gasteiger partial charge in [0, 0.05) is 25.1 Å². The van der Waals surface area contributed by atoms with Crippen molar-refractivity contribution in [2.24, 2.45) is 0 Å². The summed E-state index contributed by atoms with van der Waals surface area (Å²) in [5, 5.41) is 13.1. The second-order valence-corrected chi connectivity index (χ2v) is 5.73. The van der Waals surface area contributed by atoms with Crippen molar-refractivity contribution in [2.75, 3.05) is 13.1 Å².